The van der Waals surface area contributed by atoms with Crippen LogP contribution in [0.4, 0.5) is 10.9 Å². The number of primary amides is 1. The molecule has 0 saturated heterocycles. The van der Waals surface area contributed by atoms with Gasteiger partial charge < -0.3 is 21.1 Å². The number of H-pyrrole nitrogens is 1. The van der Waals surface area contributed by atoms with E-state index in [1.54, 1.807) is 18.2 Å². The molecule has 0 aliphatic heterocycles. The number of carbonyl (C=O) groups is 2. The highest BCUT2D eigenvalue weighted by Gasteiger charge is 2.30. The van der Waals surface area contributed by atoms with Gasteiger partial charge in [0, 0.05) is 17.5 Å². The molecule has 146 valence electrons. The average Bonchev–Trinajstić information content (AvgIpc) is 3.34. The van der Waals surface area contributed by atoms with Gasteiger partial charge >= 0.3 is 0 Å². The summed E-state index contributed by atoms with van der Waals surface area (Å²) in [4.78, 5) is 27.0. The second-order valence-corrected chi connectivity index (χ2v) is 7.80. The summed E-state index contributed by atoms with van der Waals surface area (Å²) in [6.45, 7) is 0.223. The molecule has 1 aromatic carbocycles. The van der Waals surface area contributed by atoms with Crippen molar-refractivity contribution in [2.45, 2.75) is 19.4 Å². The van der Waals surface area contributed by atoms with E-state index in [1.165, 1.54) is 11.3 Å². The predicted octanol–water partition coefficient (Wildman–Crippen LogP) is 2.50. The highest BCUT2D eigenvalue weighted by Crippen LogP contribution is 2.34. The lowest BCUT2D eigenvalue weighted by atomic mass is 10.2. The SMILES string of the molecule is NC(=O)COc1ccc(CNc2n[nH]c3nc(NC(=O)C4CC4)sc23)c(Cl)c1. The van der Waals surface area contributed by atoms with Gasteiger partial charge in [-0.2, -0.15) is 5.10 Å². The molecule has 0 unspecified atom stereocenters. The molecule has 28 heavy (non-hydrogen) atoms. The average molecular weight is 421 g/mol. The van der Waals surface area contributed by atoms with E-state index in [1.807, 2.05) is 0 Å². The number of nitrogens with one attached hydrogen (secondary N) is 3. The van der Waals surface area contributed by atoms with Crippen LogP contribution in [0, 0.1) is 5.92 Å². The van der Waals surface area contributed by atoms with Gasteiger partial charge in [0.2, 0.25) is 5.91 Å². The third-order valence-corrected chi connectivity index (χ3v) is 5.48. The van der Waals surface area contributed by atoms with Gasteiger partial charge in [0.25, 0.3) is 5.91 Å². The maximum Gasteiger partial charge on any atom is 0.255 e. The molecule has 2 aromatic heterocycles. The number of carbonyl (C=O) groups excluding carboxylic acids is 2. The number of amides is 2. The molecule has 11 heteroatoms. The Labute approximate surface area is 168 Å². The van der Waals surface area contributed by atoms with Crippen LogP contribution in [0.2, 0.25) is 5.02 Å². The summed E-state index contributed by atoms with van der Waals surface area (Å²) in [5, 5.41) is 14.2. The minimum atomic E-state index is -0.554. The van der Waals surface area contributed by atoms with Gasteiger partial charge in [0.05, 0.1) is 0 Å². The fourth-order valence-corrected chi connectivity index (χ4v) is 3.66. The second-order valence-electron chi connectivity index (χ2n) is 6.39. The Balaban J connectivity index is 1.41. The molecule has 5 N–H and O–H groups in total. The molecule has 0 spiro atoms. The van der Waals surface area contributed by atoms with Crippen LogP contribution in [0.1, 0.15) is 18.4 Å². The molecule has 1 fully saturated rings. The largest absolute Gasteiger partial charge is 0.484 e. The number of hydrogen-bond acceptors (Lipinski definition) is 7. The monoisotopic (exact) mass is 420 g/mol. The van der Waals surface area contributed by atoms with Crippen molar-refractivity contribution in [3.05, 3.63) is 28.8 Å². The predicted molar refractivity (Wildman–Crippen MR) is 107 cm³/mol. The lowest BCUT2D eigenvalue weighted by molar-refractivity contribution is -0.120. The maximum absolute atomic E-state index is 11.9. The van der Waals surface area contributed by atoms with E-state index >= 15 is 0 Å². The van der Waals surface area contributed by atoms with Gasteiger partial charge in [-0.3, -0.25) is 14.7 Å². The van der Waals surface area contributed by atoms with Gasteiger partial charge in [0.15, 0.2) is 23.2 Å². The van der Waals surface area contributed by atoms with E-state index in [4.69, 9.17) is 22.1 Å². The van der Waals surface area contributed by atoms with Crippen molar-refractivity contribution >= 4 is 56.0 Å². The molecule has 1 aliphatic carbocycles. The van der Waals surface area contributed by atoms with E-state index in [9.17, 15) is 9.59 Å². The fraction of sp³-hybridized carbons (Fsp3) is 0.294. The third kappa shape index (κ3) is 4.18. The molecule has 1 aliphatic rings. The van der Waals surface area contributed by atoms with Crippen LogP contribution in [0.25, 0.3) is 10.3 Å². The molecule has 0 bridgehead atoms. The second kappa shape index (κ2) is 7.64. The van der Waals surface area contributed by atoms with Gasteiger partial charge in [-0.25, -0.2) is 4.98 Å². The fourth-order valence-electron chi connectivity index (χ4n) is 2.54. The summed E-state index contributed by atoms with van der Waals surface area (Å²) in [6.07, 6.45) is 1.88. The van der Waals surface area contributed by atoms with Crippen LogP contribution in [-0.4, -0.2) is 33.6 Å². The number of aromatic nitrogens is 3. The number of rotatable bonds is 8. The van der Waals surface area contributed by atoms with Crippen molar-refractivity contribution in [2.24, 2.45) is 11.7 Å². The van der Waals surface area contributed by atoms with Crippen LogP contribution >= 0.6 is 22.9 Å². The van der Waals surface area contributed by atoms with Crippen LogP contribution in [0.3, 0.4) is 0 Å². The van der Waals surface area contributed by atoms with Gasteiger partial charge in [0.1, 0.15) is 10.4 Å². The number of nitrogens with zero attached hydrogens (tertiary/aromatic N) is 2. The Morgan fingerprint density at radius 2 is 2.21 bits per heavy atom. The molecule has 3 aromatic rings. The number of nitrogens with two attached hydrogens (primary N) is 1. The minimum absolute atomic E-state index is 0.0179. The molecule has 2 heterocycles. The van der Waals surface area contributed by atoms with E-state index in [-0.39, 0.29) is 18.4 Å². The molecule has 1 saturated carbocycles. The Hall–Kier alpha value is -2.85. The lowest BCUT2D eigenvalue weighted by Gasteiger charge is -2.09. The van der Waals surface area contributed by atoms with E-state index in [2.05, 4.69) is 25.8 Å². The third-order valence-electron chi connectivity index (χ3n) is 4.15. The summed E-state index contributed by atoms with van der Waals surface area (Å²) in [5.74, 6) is 0.679. The summed E-state index contributed by atoms with van der Waals surface area (Å²) >= 11 is 7.64. The van der Waals surface area contributed by atoms with Crippen molar-refractivity contribution in [1.29, 1.82) is 0 Å². The number of benzene rings is 1. The molecule has 0 atom stereocenters. The lowest BCUT2D eigenvalue weighted by Crippen LogP contribution is -2.20. The summed E-state index contributed by atoms with van der Waals surface area (Å²) in [6, 6.07) is 5.13. The summed E-state index contributed by atoms with van der Waals surface area (Å²) in [7, 11) is 0. The first kappa shape index (κ1) is 18.5. The molecule has 4 rings (SSSR count). The zero-order chi connectivity index (χ0) is 19.7. The topological polar surface area (TPSA) is 135 Å². The van der Waals surface area contributed by atoms with Crippen molar-refractivity contribution in [1.82, 2.24) is 15.2 Å². The maximum atomic E-state index is 11.9. The highest BCUT2D eigenvalue weighted by molar-refractivity contribution is 7.22. The van der Waals surface area contributed by atoms with E-state index in [0.717, 1.165) is 23.1 Å². The number of fused-ring (bicyclic) bond motifs is 1. The number of hydrogen-bond donors (Lipinski definition) is 4. The standard InChI is InChI=1S/C17H17ClN6O3S/c18-11-5-10(27-7-12(19)25)4-3-9(11)6-20-14-13-15(24-23-14)21-17(28-13)22-16(26)8-1-2-8/h3-5,8H,1-2,6-7H2,(H2,19,25)(H3,20,21,22,23,24,26). The smallest absolute Gasteiger partial charge is 0.255 e. The first-order chi connectivity index (χ1) is 13.5. The van der Waals surface area contributed by atoms with Crippen LogP contribution in [0.5, 0.6) is 5.75 Å². The van der Waals surface area contributed by atoms with Crippen LogP contribution < -0.4 is 21.1 Å². The molecular formula is C17H17ClN6O3S. The highest BCUT2D eigenvalue weighted by atomic mass is 35.5. The van der Waals surface area contributed by atoms with Crippen molar-refractivity contribution < 1.29 is 14.3 Å². The molecule has 2 amide bonds. The molecule has 9 nitrogen and oxygen atoms in total. The van der Waals surface area contributed by atoms with Gasteiger partial charge in [-0.1, -0.05) is 29.0 Å². The Kier molecular flexibility index (Phi) is 5.05. The Bertz CT molecular complexity index is 1040. The van der Waals surface area contributed by atoms with Crippen LogP contribution in [0.15, 0.2) is 18.2 Å². The van der Waals surface area contributed by atoms with Gasteiger partial charge in [-0.05, 0) is 30.5 Å². The van der Waals surface area contributed by atoms with Crippen molar-refractivity contribution in [2.75, 3.05) is 17.2 Å². The van der Waals surface area contributed by atoms with Crippen molar-refractivity contribution in [3.8, 4) is 5.75 Å². The first-order valence-electron chi connectivity index (χ1n) is 8.59. The number of halogens is 1. The quantitative estimate of drug-likeness (QED) is 0.442. The van der Waals surface area contributed by atoms with Gasteiger partial charge in [-0.15, -0.1) is 0 Å². The zero-order valence-electron chi connectivity index (χ0n) is 14.6. The minimum Gasteiger partial charge on any atom is -0.484 e. The van der Waals surface area contributed by atoms with Crippen molar-refractivity contribution in [3.63, 3.8) is 0 Å². The Morgan fingerprint density at radius 1 is 1.39 bits per heavy atom. The first-order valence-corrected chi connectivity index (χ1v) is 9.78. The Morgan fingerprint density at radius 3 is 2.93 bits per heavy atom. The van der Waals surface area contributed by atoms with Crippen LogP contribution in [-0.2, 0) is 16.1 Å². The molecular weight excluding hydrogens is 404 g/mol. The number of ether oxygens (including phenoxy) is 1. The number of aromatic amines is 1. The number of anilines is 2. The molecule has 0 radical (unpaired) electrons. The van der Waals surface area contributed by atoms with E-state index in [0.29, 0.717) is 33.9 Å². The number of thiazole rings is 1. The zero-order valence-corrected chi connectivity index (χ0v) is 16.2. The van der Waals surface area contributed by atoms with E-state index < -0.39 is 5.91 Å². The summed E-state index contributed by atoms with van der Waals surface area (Å²) in [5.41, 5.74) is 6.50. The summed E-state index contributed by atoms with van der Waals surface area (Å²) < 4.78 is 6.05. The normalized spacial score (nSPS) is 13.5.